The Morgan fingerprint density at radius 1 is 1.13 bits per heavy atom. The Labute approximate surface area is 198 Å². The highest BCUT2D eigenvalue weighted by Crippen LogP contribution is 2.33. The van der Waals surface area contributed by atoms with Gasteiger partial charge in [0.2, 0.25) is 10.0 Å². The van der Waals surface area contributed by atoms with Gasteiger partial charge >= 0.3 is 0 Å². The fourth-order valence-electron chi connectivity index (χ4n) is 3.65. The molecule has 0 radical (unpaired) electrons. The van der Waals surface area contributed by atoms with E-state index in [1.807, 2.05) is 17.5 Å². The van der Waals surface area contributed by atoms with Crippen molar-refractivity contribution >= 4 is 59.7 Å². The van der Waals surface area contributed by atoms with Gasteiger partial charge in [-0.05, 0) is 65.2 Å². The number of rotatable bonds is 6. The van der Waals surface area contributed by atoms with Gasteiger partial charge in [-0.1, -0.05) is 19.3 Å². The van der Waals surface area contributed by atoms with Crippen molar-refractivity contribution in [2.24, 2.45) is 0 Å². The molecule has 1 aliphatic carbocycles. The van der Waals surface area contributed by atoms with Crippen LogP contribution in [0.5, 0.6) is 0 Å². The minimum Gasteiger partial charge on any atom is -0.298 e. The Kier molecular flexibility index (Phi) is 6.92. The van der Waals surface area contributed by atoms with Gasteiger partial charge in [-0.3, -0.25) is 10.1 Å². The molecule has 0 aliphatic heterocycles. The molecule has 2 heterocycles. The van der Waals surface area contributed by atoms with E-state index in [0.29, 0.717) is 10.7 Å². The first-order chi connectivity index (χ1) is 14.8. The van der Waals surface area contributed by atoms with Crippen LogP contribution in [-0.2, 0) is 10.0 Å². The molecule has 1 aliphatic rings. The number of benzene rings is 1. The van der Waals surface area contributed by atoms with E-state index in [-0.39, 0.29) is 16.8 Å². The highest BCUT2D eigenvalue weighted by atomic mass is 79.9. The lowest BCUT2D eigenvalue weighted by Gasteiger charge is -2.30. The van der Waals surface area contributed by atoms with Crippen molar-refractivity contribution in [1.29, 1.82) is 0 Å². The number of nitrogens with one attached hydrogen (secondary N) is 1. The van der Waals surface area contributed by atoms with Gasteiger partial charge in [-0.2, -0.15) is 4.31 Å². The molecule has 1 aromatic carbocycles. The third-order valence-corrected chi connectivity index (χ3v) is 9.76. The maximum Gasteiger partial charge on any atom is 0.257 e. The zero-order valence-electron chi connectivity index (χ0n) is 16.9. The van der Waals surface area contributed by atoms with Crippen LogP contribution in [0, 0.1) is 0 Å². The molecule has 1 saturated carbocycles. The number of anilines is 1. The Balaban J connectivity index is 1.44. The Morgan fingerprint density at radius 2 is 1.84 bits per heavy atom. The van der Waals surface area contributed by atoms with Crippen LogP contribution >= 0.6 is 38.6 Å². The van der Waals surface area contributed by atoms with Crippen molar-refractivity contribution in [3.63, 3.8) is 0 Å². The molecule has 0 spiro atoms. The smallest absolute Gasteiger partial charge is 0.257 e. The molecule has 0 unspecified atom stereocenters. The summed E-state index contributed by atoms with van der Waals surface area (Å²) in [5.74, 6) is -0.321. The fraction of sp³-hybridized carbons (Fsp3) is 0.333. The summed E-state index contributed by atoms with van der Waals surface area (Å²) < 4.78 is 28.4. The molecular formula is C21H22BrN3O3S3. The van der Waals surface area contributed by atoms with Gasteiger partial charge in [0, 0.05) is 24.0 Å². The second-order valence-electron chi connectivity index (χ2n) is 7.43. The summed E-state index contributed by atoms with van der Waals surface area (Å²) in [6.45, 7) is 0. The van der Waals surface area contributed by atoms with Gasteiger partial charge in [0.25, 0.3) is 5.91 Å². The molecule has 0 bridgehead atoms. The third-order valence-electron chi connectivity index (χ3n) is 5.43. The second-order valence-corrected chi connectivity index (χ2v) is 12.8. The SMILES string of the molecule is CN(C1CCCCC1)S(=O)(=O)c1ccc(C(=O)Nc2nc(-c3ccc(Br)s3)cs2)cc1. The van der Waals surface area contributed by atoms with Gasteiger partial charge in [-0.25, -0.2) is 13.4 Å². The lowest BCUT2D eigenvalue weighted by Crippen LogP contribution is -2.38. The van der Waals surface area contributed by atoms with Crippen LogP contribution in [-0.4, -0.2) is 36.7 Å². The molecule has 164 valence electrons. The average Bonchev–Trinajstić information content (AvgIpc) is 3.42. The molecule has 1 fully saturated rings. The van der Waals surface area contributed by atoms with E-state index >= 15 is 0 Å². The standard InChI is InChI=1S/C21H22BrN3O3S3/c1-25(15-5-3-2-4-6-15)31(27,28)16-9-7-14(8-10-16)20(26)24-21-23-17(13-29-21)18-11-12-19(22)30-18/h7-13,15H,2-6H2,1H3,(H,23,24,26). The quantitative estimate of drug-likeness (QED) is 0.426. The van der Waals surface area contributed by atoms with Gasteiger partial charge in [0.15, 0.2) is 5.13 Å². The molecule has 2 aromatic heterocycles. The van der Waals surface area contributed by atoms with E-state index in [2.05, 4.69) is 26.2 Å². The molecular weight excluding hydrogens is 518 g/mol. The summed E-state index contributed by atoms with van der Waals surface area (Å²) in [4.78, 5) is 18.3. The summed E-state index contributed by atoms with van der Waals surface area (Å²) in [5.41, 5.74) is 1.19. The number of nitrogens with zero attached hydrogens (tertiary/aromatic N) is 2. The van der Waals surface area contributed by atoms with Crippen LogP contribution in [0.2, 0.25) is 0 Å². The summed E-state index contributed by atoms with van der Waals surface area (Å²) >= 11 is 6.36. The summed E-state index contributed by atoms with van der Waals surface area (Å²) in [6.07, 6.45) is 5.08. The zero-order valence-corrected chi connectivity index (χ0v) is 20.9. The predicted molar refractivity (Wildman–Crippen MR) is 129 cm³/mol. The number of thiophene rings is 1. The van der Waals surface area contributed by atoms with Gasteiger partial charge in [0.1, 0.15) is 0 Å². The van der Waals surface area contributed by atoms with E-state index in [9.17, 15) is 13.2 Å². The largest absolute Gasteiger partial charge is 0.298 e. The molecule has 10 heteroatoms. The van der Waals surface area contributed by atoms with E-state index < -0.39 is 10.0 Å². The molecule has 31 heavy (non-hydrogen) atoms. The molecule has 1 amide bonds. The number of halogens is 1. The van der Waals surface area contributed by atoms with Gasteiger partial charge < -0.3 is 0 Å². The number of carbonyl (C=O) groups is 1. The summed E-state index contributed by atoms with van der Waals surface area (Å²) in [5, 5.41) is 5.18. The predicted octanol–water partition coefficient (Wildman–Crippen LogP) is 5.84. The first-order valence-electron chi connectivity index (χ1n) is 9.95. The van der Waals surface area contributed by atoms with Crippen molar-refractivity contribution < 1.29 is 13.2 Å². The van der Waals surface area contributed by atoms with E-state index in [1.54, 1.807) is 30.5 Å². The summed E-state index contributed by atoms with van der Waals surface area (Å²) in [6, 6.07) is 10.1. The molecule has 6 nitrogen and oxygen atoms in total. The van der Waals surface area contributed by atoms with Crippen LogP contribution in [0.1, 0.15) is 42.5 Å². The first kappa shape index (κ1) is 22.6. The zero-order chi connectivity index (χ0) is 22.0. The first-order valence-corrected chi connectivity index (χ1v) is 13.9. The van der Waals surface area contributed by atoms with Crippen molar-refractivity contribution in [3.05, 3.63) is 51.1 Å². The van der Waals surface area contributed by atoms with Crippen LogP contribution in [0.25, 0.3) is 10.6 Å². The number of carbonyl (C=O) groups excluding carboxylic acids is 1. The Hall–Kier alpha value is -1.59. The maximum absolute atomic E-state index is 13.0. The minimum absolute atomic E-state index is 0.0461. The number of amides is 1. The topological polar surface area (TPSA) is 79.4 Å². The number of hydrogen-bond acceptors (Lipinski definition) is 6. The highest BCUT2D eigenvalue weighted by molar-refractivity contribution is 9.11. The molecule has 1 N–H and O–H groups in total. The van der Waals surface area contributed by atoms with Crippen LogP contribution in [0.15, 0.2) is 50.5 Å². The lowest BCUT2D eigenvalue weighted by atomic mass is 9.96. The van der Waals surface area contributed by atoms with Crippen LogP contribution < -0.4 is 5.32 Å². The van der Waals surface area contributed by atoms with Crippen LogP contribution in [0.4, 0.5) is 5.13 Å². The third kappa shape index (κ3) is 5.09. The summed E-state index contributed by atoms with van der Waals surface area (Å²) in [7, 11) is -1.93. The monoisotopic (exact) mass is 539 g/mol. The average molecular weight is 541 g/mol. The minimum atomic E-state index is -3.58. The van der Waals surface area contributed by atoms with Crippen molar-refractivity contribution in [2.45, 2.75) is 43.0 Å². The normalized spacial score (nSPS) is 15.3. The lowest BCUT2D eigenvalue weighted by molar-refractivity contribution is 0.102. The number of hydrogen-bond donors (Lipinski definition) is 1. The van der Waals surface area contributed by atoms with Crippen molar-refractivity contribution in [2.75, 3.05) is 12.4 Å². The molecule has 0 saturated heterocycles. The Morgan fingerprint density at radius 3 is 2.48 bits per heavy atom. The molecule has 3 aromatic rings. The van der Waals surface area contributed by atoms with E-state index in [1.165, 1.54) is 34.2 Å². The van der Waals surface area contributed by atoms with Gasteiger partial charge in [0.05, 0.1) is 19.3 Å². The molecule has 0 atom stereocenters. The maximum atomic E-state index is 13.0. The van der Waals surface area contributed by atoms with Crippen molar-refractivity contribution in [1.82, 2.24) is 9.29 Å². The second kappa shape index (κ2) is 9.50. The van der Waals surface area contributed by atoms with E-state index in [0.717, 1.165) is 40.0 Å². The van der Waals surface area contributed by atoms with Crippen molar-refractivity contribution in [3.8, 4) is 10.6 Å². The number of sulfonamides is 1. The number of aromatic nitrogens is 1. The van der Waals surface area contributed by atoms with Crippen LogP contribution in [0.3, 0.4) is 0 Å². The Bertz CT molecular complexity index is 1170. The van der Waals surface area contributed by atoms with E-state index in [4.69, 9.17) is 0 Å². The number of thiazole rings is 1. The van der Waals surface area contributed by atoms with Gasteiger partial charge in [-0.15, -0.1) is 22.7 Å². The fourth-order valence-corrected chi connectivity index (χ4v) is 7.19. The molecule has 4 rings (SSSR count). The highest BCUT2D eigenvalue weighted by Gasteiger charge is 2.29.